The van der Waals surface area contributed by atoms with Gasteiger partial charge in [0.25, 0.3) is 0 Å². The maximum atomic E-state index is 14.6. The summed E-state index contributed by atoms with van der Waals surface area (Å²) in [7, 11) is 0. The third kappa shape index (κ3) is 5.32. The number of fused-ring (bicyclic) bond motifs is 3. The van der Waals surface area contributed by atoms with Crippen LogP contribution in [0.5, 0.6) is 0 Å². The van der Waals surface area contributed by atoms with Crippen LogP contribution >= 0.6 is 0 Å². The molecule has 3 aliphatic rings. The van der Waals surface area contributed by atoms with Crippen LogP contribution in [0.4, 0.5) is 16.0 Å². The molecular weight excluding hydrogens is 519 g/mol. The number of nitrogen functional groups attached to an aromatic ring is 1. The Morgan fingerprint density at radius 2 is 1.98 bits per heavy atom. The zero-order valence-corrected chi connectivity index (χ0v) is 23.0. The van der Waals surface area contributed by atoms with Gasteiger partial charge in [-0.3, -0.25) is 20.3 Å². The van der Waals surface area contributed by atoms with Crippen molar-refractivity contribution in [1.82, 2.24) is 14.9 Å². The van der Waals surface area contributed by atoms with E-state index in [0.29, 0.717) is 23.2 Å². The Bertz CT molecular complexity index is 1640. The summed E-state index contributed by atoms with van der Waals surface area (Å²) in [5, 5.41) is 5.45. The predicted molar refractivity (Wildman–Crippen MR) is 156 cm³/mol. The van der Waals surface area contributed by atoms with Crippen molar-refractivity contribution in [3.05, 3.63) is 88.3 Å². The summed E-state index contributed by atoms with van der Waals surface area (Å²) in [6, 6.07) is 10.7. The van der Waals surface area contributed by atoms with Gasteiger partial charge in [-0.1, -0.05) is 18.9 Å². The van der Waals surface area contributed by atoms with Crippen molar-refractivity contribution in [2.75, 3.05) is 43.4 Å². The number of benzene rings is 1. The molecule has 6 N–H and O–H groups in total. The zero-order valence-electron chi connectivity index (χ0n) is 23.0. The van der Waals surface area contributed by atoms with Gasteiger partial charge in [0.2, 0.25) is 11.3 Å². The van der Waals surface area contributed by atoms with Crippen LogP contribution in [0.15, 0.2) is 58.7 Å². The van der Waals surface area contributed by atoms with Crippen LogP contribution in [0.2, 0.25) is 0 Å². The number of pyridine rings is 1. The van der Waals surface area contributed by atoms with Gasteiger partial charge in [0.05, 0.1) is 11.3 Å². The van der Waals surface area contributed by atoms with Crippen LogP contribution in [-0.2, 0) is 0 Å². The maximum Gasteiger partial charge on any atom is 0.323 e. The quantitative estimate of drug-likeness (QED) is 0.189. The number of halogens is 1. The Labute approximate surface area is 237 Å². The number of aromatic nitrogens is 3. The van der Waals surface area contributed by atoms with E-state index in [1.807, 2.05) is 34.7 Å². The summed E-state index contributed by atoms with van der Waals surface area (Å²) in [5.41, 5.74) is 17.7. The molecule has 1 unspecified atom stereocenters. The van der Waals surface area contributed by atoms with Crippen LogP contribution < -0.4 is 31.5 Å². The van der Waals surface area contributed by atoms with Gasteiger partial charge < -0.3 is 16.4 Å². The van der Waals surface area contributed by atoms with Crippen molar-refractivity contribution in [3.8, 4) is 0 Å². The van der Waals surface area contributed by atoms with Crippen molar-refractivity contribution >= 4 is 29.8 Å². The minimum Gasteiger partial charge on any atom is -0.398 e. The van der Waals surface area contributed by atoms with E-state index >= 15 is 0 Å². The number of hydrogen-bond donors (Lipinski definition) is 3. The lowest BCUT2D eigenvalue weighted by molar-refractivity contribution is -0.550. The third-order valence-electron chi connectivity index (χ3n) is 7.93. The standard InChI is InChI=1S/C30H33FN10/c31-22-9-8-20(23(33)10-11-32)18-26(22)40-16-14-39(15-17-40)13-5-1-2-6-24-27-21(19-36-24)28-38-29(41(28)30(34)37-27)25-7-3-4-12-35-25/h3-4,7-12,18-19,24,34H,1-2,5-6,13-17H2,(H3,32,33)/p+2. The number of anilines is 2. The van der Waals surface area contributed by atoms with Crippen LogP contribution in [-0.4, -0.2) is 60.0 Å². The van der Waals surface area contributed by atoms with Gasteiger partial charge in [-0.05, 0) is 55.3 Å². The van der Waals surface area contributed by atoms with Gasteiger partial charge in [-0.15, -0.1) is 9.98 Å². The number of hydrogen-bond acceptors (Lipinski definition) is 8. The second kappa shape index (κ2) is 11.5. The Morgan fingerprint density at radius 3 is 2.76 bits per heavy atom. The van der Waals surface area contributed by atoms with Gasteiger partial charge in [-0.2, -0.15) is 4.24 Å². The van der Waals surface area contributed by atoms with E-state index in [0.717, 1.165) is 86.4 Å². The minimum atomic E-state index is -0.229. The Balaban J connectivity index is 0.975. The molecule has 6 rings (SSSR count). The molecule has 11 heteroatoms. The highest BCUT2D eigenvalue weighted by atomic mass is 19.1. The van der Waals surface area contributed by atoms with E-state index < -0.39 is 0 Å². The number of nitrogens with zero attached hydrogens (tertiary/aromatic N) is 7. The van der Waals surface area contributed by atoms with Crippen LogP contribution in [0.3, 0.4) is 0 Å². The fraction of sp³-hybridized carbons (Fsp3) is 0.333. The van der Waals surface area contributed by atoms with Gasteiger partial charge in [0, 0.05) is 50.4 Å². The van der Waals surface area contributed by atoms with E-state index in [4.69, 9.17) is 31.8 Å². The molecule has 41 heavy (non-hydrogen) atoms. The van der Waals surface area contributed by atoms with Gasteiger partial charge in [0.15, 0.2) is 6.21 Å². The molecule has 1 saturated heterocycles. The number of unbranched alkanes of at least 4 members (excludes halogenated alkanes) is 2. The average Bonchev–Trinajstić information content (AvgIpc) is 3.35. The van der Waals surface area contributed by atoms with E-state index in [9.17, 15) is 4.39 Å². The van der Waals surface area contributed by atoms with Crippen LogP contribution in [0, 0.1) is 11.7 Å². The Kier molecular flexibility index (Phi) is 7.51. The first-order valence-corrected chi connectivity index (χ1v) is 14.1. The monoisotopic (exact) mass is 554 g/mol. The molecule has 1 atom stereocenters. The third-order valence-corrected chi connectivity index (χ3v) is 7.93. The van der Waals surface area contributed by atoms with Crippen molar-refractivity contribution in [2.45, 2.75) is 31.7 Å². The summed E-state index contributed by atoms with van der Waals surface area (Å²) in [5.74, 6) is 0.907. The normalized spacial score (nSPS) is 18.1. The van der Waals surface area contributed by atoms with Crippen molar-refractivity contribution in [2.24, 2.45) is 15.7 Å². The first-order chi connectivity index (χ1) is 20.0. The van der Waals surface area contributed by atoms with Crippen molar-refractivity contribution in [3.63, 3.8) is 0 Å². The molecule has 0 radical (unpaired) electrons. The molecule has 0 spiro atoms. The summed E-state index contributed by atoms with van der Waals surface area (Å²) in [6.07, 6.45) is 10.8. The lowest BCUT2D eigenvalue weighted by Gasteiger charge is -2.36. The second-order valence-corrected chi connectivity index (χ2v) is 10.5. The van der Waals surface area contributed by atoms with Crippen molar-refractivity contribution in [1.29, 1.82) is 0 Å². The fourth-order valence-electron chi connectivity index (χ4n) is 5.69. The molecule has 10 nitrogen and oxygen atoms in total. The molecule has 2 aromatic heterocycles. The van der Waals surface area contributed by atoms with E-state index in [1.165, 1.54) is 12.3 Å². The molecule has 0 aliphatic carbocycles. The zero-order chi connectivity index (χ0) is 28.3. The summed E-state index contributed by atoms with van der Waals surface area (Å²) in [4.78, 5) is 23.1. The highest BCUT2D eigenvalue weighted by molar-refractivity contribution is 5.83. The van der Waals surface area contributed by atoms with Crippen molar-refractivity contribution < 1.29 is 14.0 Å². The SMILES string of the molecule is N/C(=C\C=[NH2+])c1ccc(F)c(N2CCN(CCCCCC3N=Cc4c3nc(N)[n+]3c4=NC=3c3ccccn3)CC2)c1. The molecule has 3 aromatic rings. The largest absolute Gasteiger partial charge is 0.398 e. The van der Waals surface area contributed by atoms with E-state index in [1.54, 1.807) is 18.3 Å². The highest BCUT2D eigenvalue weighted by Gasteiger charge is 2.31. The fourth-order valence-corrected chi connectivity index (χ4v) is 5.69. The Hall–Kier alpha value is -4.51. The van der Waals surface area contributed by atoms with Crippen LogP contribution in [0.1, 0.15) is 54.2 Å². The minimum absolute atomic E-state index is 0.0214. The molecule has 3 aliphatic heterocycles. The average molecular weight is 555 g/mol. The number of piperazine rings is 1. The lowest BCUT2D eigenvalue weighted by atomic mass is 10.0. The molecule has 210 valence electrons. The van der Waals surface area contributed by atoms with Gasteiger partial charge in [0.1, 0.15) is 23.2 Å². The second-order valence-electron chi connectivity index (χ2n) is 10.5. The number of aliphatic imine (C=N–C) groups is 1. The number of nitrogens with two attached hydrogens (primary N) is 3. The van der Waals surface area contributed by atoms with Gasteiger partial charge >= 0.3 is 5.95 Å². The molecule has 0 amide bonds. The molecule has 1 fully saturated rings. The summed E-state index contributed by atoms with van der Waals surface area (Å²) >= 11 is 0. The van der Waals surface area contributed by atoms with Gasteiger partial charge in [-0.25, -0.2) is 4.39 Å². The molecule has 0 bridgehead atoms. The first kappa shape index (κ1) is 26.7. The maximum absolute atomic E-state index is 14.6. The summed E-state index contributed by atoms with van der Waals surface area (Å²) in [6.45, 7) is 4.39. The molecule has 0 saturated carbocycles. The number of allylic oxidation sites excluding steroid dienone is 1. The first-order valence-electron chi connectivity index (χ1n) is 14.1. The number of rotatable bonds is 10. The summed E-state index contributed by atoms with van der Waals surface area (Å²) < 4.78 is 16.4. The molecule has 1 aromatic carbocycles. The highest BCUT2D eigenvalue weighted by Crippen LogP contribution is 2.29. The predicted octanol–water partition coefficient (Wildman–Crippen LogP) is 0.490. The smallest absolute Gasteiger partial charge is 0.323 e. The lowest BCUT2D eigenvalue weighted by Crippen LogP contribution is -2.53. The molecule has 5 heterocycles. The van der Waals surface area contributed by atoms with E-state index in [-0.39, 0.29) is 11.9 Å². The van der Waals surface area contributed by atoms with Crippen LogP contribution in [0.25, 0.3) is 5.70 Å². The van der Waals surface area contributed by atoms with E-state index in [2.05, 4.69) is 14.8 Å². The molecular formula is C30H35FN10+2. The Morgan fingerprint density at radius 1 is 1.12 bits per heavy atom. The topological polar surface area (TPSA) is 141 Å².